The SMILES string of the molecule is Cc1cc(C(C)(C)N=C=O)cc(Cl)n1. The minimum absolute atomic E-state index is 0.411. The fourth-order valence-electron chi connectivity index (χ4n) is 1.16. The number of aromatic nitrogens is 1. The van der Waals surface area contributed by atoms with Crippen LogP contribution in [0.3, 0.4) is 0 Å². The van der Waals surface area contributed by atoms with E-state index in [0.717, 1.165) is 11.3 Å². The molecule has 0 unspecified atom stereocenters. The maximum absolute atomic E-state index is 10.2. The highest BCUT2D eigenvalue weighted by atomic mass is 35.5. The van der Waals surface area contributed by atoms with E-state index >= 15 is 0 Å². The van der Waals surface area contributed by atoms with Gasteiger partial charge in [-0.2, -0.15) is 4.99 Å². The van der Waals surface area contributed by atoms with E-state index in [-0.39, 0.29) is 0 Å². The van der Waals surface area contributed by atoms with Crippen LogP contribution in [0.25, 0.3) is 0 Å². The molecule has 3 nitrogen and oxygen atoms in total. The van der Waals surface area contributed by atoms with Crippen LogP contribution >= 0.6 is 11.6 Å². The van der Waals surface area contributed by atoms with Crippen molar-refractivity contribution in [2.45, 2.75) is 26.3 Å². The van der Waals surface area contributed by atoms with E-state index in [1.807, 2.05) is 26.8 Å². The highest BCUT2D eigenvalue weighted by Crippen LogP contribution is 2.26. The number of rotatable bonds is 2. The summed E-state index contributed by atoms with van der Waals surface area (Å²) in [6, 6.07) is 3.56. The van der Waals surface area contributed by atoms with Crippen molar-refractivity contribution >= 4 is 17.7 Å². The number of pyridine rings is 1. The summed E-state index contributed by atoms with van der Waals surface area (Å²) in [5.41, 5.74) is 1.07. The molecule has 0 aliphatic carbocycles. The summed E-state index contributed by atoms with van der Waals surface area (Å²) in [7, 11) is 0. The summed E-state index contributed by atoms with van der Waals surface area (Å²) in [5.74, 6) is 0. The first-order chi connectivity index (χ1) is 6.45. The lowest BCUT2D eigenvalue weighted by molar-refractivity contribution is 0.522. The normalized spacial score (nSPS) is 10.9. The lowest BCUT2D eigenvalue weighted by atomic mass is 9.96. The summed E-state index contributed by atoms with van der Waals surface area (Å²) < 4.78 is 0. The van der Waals surface area contributed by atoms with Crippen molar-refractivity contribution < 1.29 is 4.79 Å². The molecular weight excluding hydrogens is 200 g/mol. The highest BCUT2D eigenvalue weighted by Gasteiger charge is 2.20. The number of hydrogen-bond donors (Lipinski definition) is 0. The van der Waals surface area contributed by atoms with Gasteiger partial charge in [0.15, 0.2) is 0 Å². The molecule has 0 aromatic carbocycles. The molecule has 14 heavy (non-hydrogen) atoms. The molecule has 1 aromatic rings. The molecule has 0 saturated heterocycles. The van der Waals surface area contributed by atoms with Crippen molar-refractivity contribution in [3.05, 3.63) is 28.5 Å². The number of halogens is 1. The van der Waals surface area contributed by atoms with Crippen LogP contribution in [0, 0.1) is 6.92 Å². The summed E-state index contributed by atoms with van der Waals surface area (Å²) in [6.45, 7) is 5.49. The Morgan fingerprint density at radius 3 is 2.64 bits per heavy atom. The first kappa shape index (κ1) is 10.9. The Bertz CT molecular complexity index is 375. The molecule has 0 spiro atoms. The van der Waals surface area contributed by atoms with Crippen molar-refractivity contribution in [2.75, 3.05) is 0 Å². The molecule has 0 saturated carbocycles. The zero-order valence-electron chi connectivity index (χ0n) is 8.34. The zero-order valence-corrected chi connectivity index (χ0v) is 9.09. The van der Waals surface area contributed by atoms with Crippen molar-refractivity contribution in [1.29, 1.82) is 0 Å². The molecule has 0 aliphatic rings. The van der Waals surface area contributed by atoms with Crippen molar-refractivity contribution in [3.8, 4) is 0 Å². The monoisotopic (exact) mass is 210 g/mol. The van der Waals surface area contributed by atoms with Gasteiger partial charge in [-0.15, -0.1) is 0 Å². The van der Waals surface area contributed by atoms with E-state index < -0.39 is 5.54 Å². The molecule has 0 amide bonds. The van der Waals surface area contributed by atoms with Crippen molar-refractivity contribution in [3.63, 3.8) is 0 Å². The minimum Gasteiger partial charge on any atom is -0.241 e. The van der Waals surface area contributed by atoms with E-state index in [1.165, 1.54) is 0 Å². The molecule has 4 heteroatoms. The number of aryl methyl sites for hydroxylation is 1. The van der Waals surface area contributed by atoms with Gasteiger partial charge in [-0.05, 0) is 38.5 Å². The second-order valence-corrected chi connectivity index (χ2v) is 3.97. The van der Waals surface area contributed by atoms with Gasteiger partial charge in [0.05, 0.1) is 5.54 Å². The van der Waals surface area contributed by atoms with E-state index in [2.05, 4.69) is 9.98 Å². The fourth-order valence-corrected chi connectivity index (χ4v) is 1.41. The summed E-state index contributed by atoms with van der Waals surface area (Å²) in [6.07, 6.45) is 1.56. The van der Waals surface area contributed by atoms with Crippen LogP contribution in [0.1, 0.15) is 25.1 Å². The first-order valence-corrected chi connectivity index (χ1v) is 4.57. The summed E-state index contributed by atoms with van der Waals surface area (Å²) in [5, 5.41) is 0.411. The Kier molecular flexibility index (Phi) is 3.04. The second kappa shape index (κ2) is 3.91. The van der Waals surface area contributed by atoms with Gasteiger partial charge in [0, 0.05) is 5.69 Å². The number of carbonyl (C=O) groups excluding carboxylic acids is 1. The molecule has 0 radical (unpaired) electrons. The molecule has 0 fully saturated rings. The number of nitrogens with zero attached hydrogens (tertiary/aromatic N) is 2. The van der Waals surface area contributed by atoms with E-state index in [0.29, 0.717) is 5.15 Å². The van der Waals surface area contributed by atoms with Crippen LogP contribution in [0.5, 0.6) is 0 Å². The Labute approximate surface area is 87.8 Å². The summed E-state index contributed by atoms with van der Waals surface area (Å²) in [4.78, 5) is 18.0. The molecule has 74 valence electrons. The average Bonchev–Trinajstić information content (AvgIpc) is 2.02. The van der Waals surface area contributed by atoms with Gasteiger partial charge in [0.2, 0.25) is 6.08 Å². The maximum Gasteiger partial charge on any atom is 0.235 e. The third kappa shape index (κ3) is 2.41. The molecular formula is C10H11ClN2O. The predicted octanol–water partition coefficient (Wildman–Crippen LogP) is 2.61. The van der Waals surface area contributed by atoms with Gasteiger partial charge in [-0.25, -0.2) is 9.78 Å². The van der Waals surface area contributed by atoms with Gasteiger partial charge >= 0.3 is 0 Å². The topological polar surface area (TPSA) is 42.3 Å². The minimum atomic E-state index is -0.598. The maximum atomic E-state index is 10.2. The fraction of sp³-hybridized carbons (Fsp3) is 0.400. The Morgan fingerprint density at radius 1 is 1.50 bits per heavy atom. The molecule has 0 aliphatic heterocycles. The smallest absolute Gasteiger partial charge is 0.235 e. The van der Waals surface area contributed by atoms with Crippen molar-refractivity contribution in [1.82, 2.24) is 4.98 Å². The molecule has 1 rings (SSSR count). The third-order valence-electron chi connectivity index (χ3n) is 1.95. The quantitative estimate of drug-likeness (QED) is 0.428. The van der Waals surface area contributed by atoms with Crippen LogP contribution in [0.15, 0.2) is 17.1 Å². The van der Waals surface area contributed by atoms with Crippen LogP contribution < -0.4 is 0 Å². The highest BCUT2D eigenvalue weighted by molar-refractivity contribution is 6.29. The Morgan fingerprint density at radius 2 is 2.14 bits per heavy atom. The van der Waals surface area contributed by atoms with Crippen LogP contribution in [0.2, 0.25) is 5.15 Å². The van der Waals surface area contributed by atoms with Gasteiger partial charge in [-0.1, -0.05) is 11.6 Å². The lowest BCUT2D eigenvalue weighted by Crippen LogP contribution is -2.14. The zero-order chi connectivity index (χ0) is 10.8. The standard InChI is InChI=1S/C10H11ClN2O/c1-7-4-8(5-9(11)13-7)10(2,3)12-6-14/h4-5H,1-3H3. The predicted molar refractivity (Wildman–Crippen MR) is 55.1 cm³/mol. The van der Waals surface area contributed by atoms with Gasteiger partial charge < -0.3 is 0 Å². The van der Waals surface area contributed by atoms with E-state index in [9.17, 15) is 4.79 Å². The first-order valence-electron chi connectivity index (χ1n) is 4.19. The number of isocyanates is 1. The Balaban J connectivity index is 3.24. The van der Waals surface area contributed by atoms with Crippen molar-refractivity contribution in [2.24, 2.45) is 4.99 Å². The van der Waals surface area contributed by atoms with Gasteiger partial charge in [0.1, 0.15) is 5.15 Å². The lowest BCUT2D eigenvalue weighted by Gasteiger charge is -2.18. The summed E-state index contributed by atoms with van der Waals surface area (Å²) >= 11 is 5.81. The largest absolute Gasteiger partial charge is 0.241 e. The Hall–Kier alpha value is -1.18. The molecule has 1 heterocycles. The second-order valence-electron chi connectivity index (χ2n) is 3.58. The number of aliphatic imine (C=N–C) groups is 1. The van der Waals surface area contributed by atoms with E-state index in [4.69, 9.17) is 11.6 Å². The molecule has 0 bridgehead atoms. The van der Waals surface area contributed by atoms with E-state index in [1.54, 1.807) is 12.1 Å². The molecule has 0 N–H and O–H groups in total. The van der Waals surface area contributed by atoms with Gasteiger partial charge in [0.25, 0.3) is 0 Å². The van der Waals surface area contributed by atoms with Crippen LogP contribution in [0.4, 0.5) is 0 Å². The number of hydrogen-bond acceptors (Lipinski definition) is 3. The molecule has 1 aromatic heterocycles. The van der Waals surface area contributed by atoms with Crippen LogP contribution in [-0.4, -0.2) is 11.1 Å². The average molecular weight is 211 g/mol. The van der Waals surface area contributed by atoms with Crippen LogP contribution in [-0.2, 0) is 10.3 Å². The third-order valence-corrected chi connectivity index (χ3v) is 2.15. The molecule has 0 atom stereocenters. The van der Waals surface area contributed by atoms with Gasteiger partial charge in [-0.3, -0.25) is 0 Å².